The first-order chi connectivity index (χ1) is 9.52. The second kappa shape index (κ2) is 6.02. The number of benzene rings is 1. The Morgan fingerprint density at radius 3 is 2.00 bits per heavy atom. The fourth-order valence-corrected chi connectivity index (χ4v) is 1.59. The Morgan fingerprint density at radius 1 is 1.14 bits per heavy atom. The molecular weight excluding hydrogens is 289 g/mol. The summed E-state index contributed by atoms with van der Waals surface area (Å²) in [5, 5.41) is 13.0. The zero-order valence-corrected chi connectivity index (χ0v) is 11.6. The van der Waals surface area contributed by atoms with Crippen LogP contribution in [0.4, 0.5) is 23.7 Å². The normalized spacial score (nSPS) is 12.7. The van der Waals surface area contributed by atoms with Crippen molar-refractivity contribution < 1.29 is 27.9 Å². The van der Waals surface area contributed by atoms with Crippen LogP contribution in [0.15, 0.2) is 12.1 Å². The van der Waals surface area contributed by atoms with Gasteiger partial charge >= 0.3 is 12.0 Å². The van der Waals surface area contributed by atoms with E-state index in [-0.39, 0.29) is 0 Å². The molecule has 1 aromatic rings. The van der Waals surface area contributed by atoms with Crippen molar-refractivity contribution in [1.82, 2.24) is 5.32 Å². The first-order valence-electron chi connectivity index (χ1n) is 5.97. The Hall–Kier alpha value is -2.25. The molecule has 1 aromatic carbocycles. The smallest absolute Gasteiger partial charge is 0.326 e. The summed E-state index contributed by atoms with van der Waals surface area (Å²) in [5.41, 5.74) is -1.67. The van der Waals surface area contributed by atoms with Gasteiger partial charge in [0, 0.05) is 12.1 Å². The molecule has 0 aliphatic carbocycles. The third-order valence-corrected chi connectivity index (χ3v) is 2.63. The van der Waals surface area contributed by atoms with Crippen molar-refractivity contribution in [3.8, 4) is 0 Å². The van der Waals surface area contributed by atoms with Crippen LogP contribution in [0.3, 0.4) is 0 Å². The van der Waals surface area contributed by atoms with Crippen molar-refractivity contribution in [2.24, 2.45) is 5.41 Å². The summed E-state index contributed by atoms with van der Waals surface area (Å²) < 4.78 is 39.5. The molecule has 0 saturated heterocycles. The lowest BCUT2D eigenvalue weighted by Gasteiger charge is -2.27. The number of anilines is 1. The Morgan fingerprint density at radius 2 is 1.62 bits per heavy atom. The van der Waals surface area contributed by atoms with Crippen LogP contribution in [0.25, 0.3) is 0 Å². The second-order valence-electron chi connectivity index (χ2n) is 5.48. The molecule has 3 N–H and O–H groups in total. The number of carbonyl (C=O) groups is 2. The highest BCUT2D eigenvalue weighted by molar-refractivity contribution is 5.92. The van der Waals surface area contributed by atoms with Gasteiger partial charge in [0.25, 0.3) is 0 Å². The molecule has 0 aromatic heterocycles. The number of carboxylic acids is 1. The Balaban J connectivity index is 2.90. The molecule has 0 unspecified atom stereocenters. The first kappa shape index (κ1) is 16.8. The van der Waals surface area contributed by atoms with Gasteiger partial charge in [-0.1, -0.05) is 20.8 Å². The number of rotatable bonds is 3. The molecule has 2 amide bonds. The molecule has 0 fully saturated rings. The third kappa shape index (κ3) is 4.37. The van der Waals surface area contributed by atoms with Crippen molar-refractivity contribution in [3.63, 3.8) is 0 Å². The number of urea groups is 1. The quantitative estimate of drug-likeness (QED) is 0.803. The second-order valence-corrected chi connectivity index (χ2v) is 5.48. The summed E-state index contributed by atoms with van der Waals surface area (Å²) in [6, 6.07) is -1.58. The number of carboxylic acid groups (broad SMARTS) is 1. The minimum absolute atomic E-state index is 0.400. The van der Waals surface area contributed by atoms with Crippen molar-refractivity contribution in [1.29, 1.82) is 0 Å². The summed E-state index contributed by atoms with van der Waals surface area (Å²) >= 11 is 0. The summed E-state index contributed by atoms with van der Waals surface area (Å²) in [6.07, 6.45) is 0. The number of nitrogens with one attached hydrogen (secondary N) is 2. The minimum atomic E-state index is -1.30. The molecular formula is C13H15F3N2O3. The molecule has 1 atom stereocenters. The predicted molar refractivity (Wildman–Crippen MR) is 69.3 cm³/mol. The van der Waals surface area contributed by atoms with Crippen LogP contribution in [0.5, 0.6) is 0 Å². The summed E-state index contributed by atoms with van der Waals surface area (Å²) in [6.45, 7) is 4.72. The van der Waals surface area contributed by atoms with Gasteiger partial charge in [-0.15, -0.1) is 0 Å². The van der Waals surface area contributed by atoms with Gasteiger partial charge in [0.1, 0.15) is 17.5 Å². The van der Waals surface area contributed by atoms with Gasteiger partial charge in [0.05, 0.1) is 0 Å². The highest BCUT2D eigenvalue weighted by Crippen LogP contribution is 2.22. The molecule has 8 heteroatoms. The van der Waals surface area contributed by atoms with Gasteiger partial charge in [0.2, 0.25) is 0 Å². The van der Waals surface area contributed by atoms with Crippen LogP contribution in [0.1, 0.15) is 20.8 Å². The third-order valence-electron chi connectivity index (χ3n) is 2.63. The highest BCUT2D eigenvalue weighted by Gasteiger charge is 2.32. The number of hydrogen-bond acceptors (Lipinski definition) is 2. The zero-order chi connectivity index (χ0) is 16.4. The maximum Gasteiger partial charge on any atom is 0.326 e. The molecule has 0 radical (unpaired) electrons. The van der Waals surface area contributed by atoms with E-state index in [1.165, 1.54) is 0 Å². The van der Waals surface area contributed by atoms with Gasteiger partial charge in [0.15, 0.2) is 11.6 Å². The molecule has 5 nitrogen and oxygen atoms in total. The van der Waals surface area contributed by atoms with E-state index in [0.717, 1.165) is 0 Å². The molecule has 0 spiro atoms. The van der Waals surface area contributed by atoms with Crippen LogP contribution in [-0.4, -0.2) is 23.1 Å². The topological polar surface area (TPSA) is 78.4 Å². The van der Waals surface area contributed by atoms with E-state index in [4.69, 9.17) is 5.11 Å². The van der Waals surface area contributed by atoms with Crippen LogP contribution in [0, 0.1) is 22.9 Å². The average molecular weight is 304 g/mol. The van der Waals surface area contributed by atoms with Gasteiger partial charge in [-0.2, -0.15) is 0 Å². The van der Waals surface area contributed by atoms with Gasteiger partial charge in [-0.05, 0) is 5.41 Å². The van der Waals surface area contributed by atoms with E-state index in [1.807, 2.05) is 5.32 Å². The van der Waals surface area contributed by atoms with Gasteiger partial charge in [-0.3, -0.25) is 0 Å². The standard InChI is InChI=1S/C13H15F3N2O3/c1-13(2,3)10(11(19)20)18-12(21)17-9-7(15)4-6(14)5-8(9)16/h4-5,10H,1-3H3,(H,19,20)(H2,17,18,21)/t10-/m0/s1. The molecule has 0 aliphatic rings. The van der Waals surface area contributed by atoms with Gasteiger partial charge < -0.3 is 15.7 Å². The first-order valence-corrected chi connectivity index (χ1v) is 5.97. The number of hydrogen-bond donors (Lipinski definition) is 3. The van der Waals surface area contributed by atoms with Crippen LogP contribution >= 0.6 is 0 Å². The molecule has 0 saturated carbocycles. The fourth-order valence-electron chi connectivity index (χ4n) is 1.59. The number of amides is 2. The summed E-state index contributed by atoms with van der Waals surface area (Å²) in [5.74, 6) is -5.03. The van der Waals surface area contributed by atoms with Crippen LogP contribution < -0.4 is 10.6 Å². The zero-order valence-electron chi connectivity index (χ0n) is 11.6. The number of carbonyl (C=O) groups excluding carboxylic acids is 1. The van der Waals surface area contributed by atoms with E-state index in [1.54, 1.807) is 20.8 Å². The van der Waals surface area contributed by atoms with Crippen molar-refractivity contribution in [3.05, 3.63) is 29.6 Å². The van der Waals surface area contributed by atoms with Crippen molar-refractivity contribution in [2.45, 2.75) is 26.8 Å². The molecule has 0 bridgehead atoms. The van der Waals surface area contributed by atoms with Gasteiger partial charge in [-0.25, -0.2) is 22.8 Å². The fraction of sp³-hybridized carbons (Fsp3) is 0.385. The van der Waals surface area contributed by atoms with E-state index < -0.39 is 46.6 Å². The van der Waals surface area contributed by atoms with Crippen LogP contribution in [-0.2, 0) is 4.79 Å². The lowest BCUT2D eigenvalue weighted by molar-refractivity contribution is -0.141. The lowest BCUT2D eigenvalue weighted by atomic mass is 9.87. The Kier molecular flexibility index (Phi) is 4.82. The number of aliphatic carboxylic acids is 1. The van der Waals surface area contributed by atoms with E-state index >= 15 is 0 Å². The van der Waals surface area contributed by atoms with Crippen molar-refractivity contribution in [2.75, 3.05) is 5.32 Å². The maximum absolute atomic E-state index is 13.4. The average Bonchev–Trinajstić information content (AvgIpc) is 2.28. The molecule has 1 rings (SSSR count). The largest absolute Gasteiger partial charge is 0.480 e. The molecule has 21 heavy (non-hydrogen) atoms. The SMILES string of the molecule is CC(C)(C)[C@@H](NC(=O)Nc1c(F)cc(F)cc1F)C(=O)O. The van der Waals surface area contributed by atoms with E-state index in [9.17, 15) is 22.8 Å². The molecule has 0 aliphatic heterocycles. The minimum Gasteiger partial charge on any atom is -0.480 e. The van der Waals surface area contributed by atoms with E-state index in [2.05, 4.69) is 5.32 Å². The number of halogens is 3. The molecule has 116 valence electrons. The summed E-state index contributed by atoms with van der Waals surface area (Å²) in [4.78, 5) is 22.7. The summed E-state index contributed by atoms with van der Waals surface area (Å²) in [7, 11) is 0. The van der Waals surface area contributed by atoms with Crippen molar-refractivity contribution >= 4 is 17.7 Å². The lowest BCUT2D eigenvalue weighted by Crippen LogP contribution is -2.50. The Bertz CT molecular complexity index is 547. The van der Waals surface area contributed by atoms with E-state index in [0.29, 0.717) is 12.1 Å². The molecule has 0 heterocycles. The predicted octanol–water partition coefficient (Wildman–Crippen LogP) is 2.72. The van der Waals surface area contributed by atoms with Crippen LogP contribution in [0.2, 0.25) is 0 Å². The maximum atomic E-state index is 13.4. The monoisotopic (exact) mass is 304 g/mol. The highest BCUT2D eigenvalue weighted by atomic mass is 19.1. The Labute approximate surface area is 119 Å².